The third kappa shape index (κ3) is 6.01. The third-order valence-electron chi connectivity index (χ3n) is 10.9. The molecule has 4 heteroatoms. The highest BCUT2D eigenvalue weighted by Gasteiger charge is 2.19. The first-order valence-electron chi connectivity index (χ1n) is 19.2. The van der Waals surface area contributed by atoms with Gasteiger partial charge in [0.25, 0.3) is 0 Å². The average molecular weight is 728 g/mol. The van der Waals surface area contributed by atoms with E-state index in [0.29, 0.717) is 17.5 Å². The molecule has 2 heterocycles. The molecule has 2 aromatic heterocycles. The number of furan rings is 1. The summed E-state index contributed by atoms with van der Waals surface area (Å²) in [6.45, 7) is 0. The number of hydrogen-bond acceptors (Lipinski definition) is 4. The van der Waals surface area contributed by atoms with Gasteiger partial charge in [-0.3, -0.25) is 0 Å². The zero-order valence-corrected chi connectivity index (χ0v) is 30.8. The van der Waals surface area contributed by atoms with Crippen molar-refractivity contribution in [1.29, 1.82) is 0 Å². The van der Waals surface area contributed by atoms with Crippen LogP contribution in [0.4, 0.5) is 0 Å². The van der Waals surface area contributed by atoms with Crippen LogP contribution in [0, 0.1) is 0 Å². The molecular weight excluding hydrogens is 695 g/mol. The van der Waals surface area contributed by atoms with Gasteiger partial charge in [0.1, 0.15) is 11.2 Å². The summed E-state index contributed by atoms with van der Waals surface area (Å²) >= 11 is 0. The Morgan fingerprint density at radius 1 is 0.281 bits per heavy atom. The monoisotopic (exact) mass is 727 g/mol. The van der Waals surface area contributed by atoms with E-state index in [0.717, 1.165) is 71.5 Å². The number of aromatic nitrogens is 3. The van der Waals surface area contributed by atoms with Crippen molar-refractivity contribution in [3.05, 3.63) is 200 Å². The van der Waals surface area contributed by atoms with E-state index >= 15 is 0 Å². The molecule has 0 saturated carbocycles. The summed E-state index contributed by atoms with van der Waals surface area (Å²) in [6.07, 6.45) is 0. The fourth-order valence-corrected chi connectivity index (χ4v) is 7.97. The van der Waals surface area contributed by atoms with Crippen LogP contribution in [0.25, 0.3) is 111 Å². The van der Waals surface area contributed by atoms with Crippen molar-refractivity contribution in [2.75, 3.05) is 0 Å². The minimum absolute atomic E-state index is 0.576. The van der Waals surface area contributed by atoms with Crippen molar-refractivity contribution in [2.24, 2.45) is 0 Å². The molecular formula is C53H33N3O. The summed E-state index contributed by atoms with van der Waals surface area (Å²) in [6, 6.07) is 70.0. The van der Waals surface area contributed by atoms with Crippen LogP contribution < -0.4 is 0 Å². The number of para-hydroxylation sites is 1. The second kappa shape index (κ2) is 13.6. The van der Waals surface area contributed by atoms with E-state index < -0.39 is 0 Å². The minimum atomic E-state index is 0.576. The molecule has 11 aromatic rings. The van der Waals surface area contributed by atoms with Crippen LogP contribution in [0.1, 0.15) is 0 Å². The largest absolute Gasteiger partial charge is 0.456 e. The van der Waals surface area contributed by atoms with Crippen LogP contribution in [0.3, 0.4) is 0 Å². The first-order chi connectivity index (χ1) is 28.2. The molecule has 57 heavy (non-hydrogen) atoms. The van der Waals surface area contributed by atoms with Crippen LogP contribution in [0.15, 0.2) is 205 Å². The van der Waals surface area contributed by atoms with E-state index in [1.807, 2.05) is 24.3 Å². The quantitative estimate of drug-likeness (QED) is 0.171. The molecule has 11 rings (SSSR count). The van der Waals surface area contributed by atoms with Crippen LogP contribution in [-0.2, 0) is 0 Å². The molecule has 0 fully saturated rings. The molecule has 0 radical (unpaired) electrons. The van der Waals surface area contributed by atoms with Crippen LogP contribution in [-0.4, -0.2) is 15.0 Å². The van der Waals surface area contributed by atoms with Gasteiger partial charge in [-0.1, -0.05) is 164 Å². The zero-order chi connectivity index (χ0) is 37.7. The van der Waals surface area contributed by atoms with E-state index in [1.165, 1.54) is 22.1 Å². The molecule has 0 spiro atoms. The summed E-state index contributed by atoms with van der Waals surface area (Å²) < 4.78 is 6.57. The standard InChI is InChI=1S/C53H33N3O/c1-3-11-34(12-4-1)37-19-22-38(23-20-37)47-32-45(33-49-50(47)46-17-9-10-18-48(46)57-49)53-55-51(43-27-21-36-15-7-8-16-39(36)30-43)54-52(56-53)44-28-26-41-29-40(24-25-42(41)31-44)35-13-5-2-6-14-35/h1-33H. The lowest BCUT2D eigenvalue weighted by molar-refractivity contribution is 0.669. The Bertz CT molecular complexity index is 3280. The maximum Gasteiger partial charge on any atom is 0.164 e. The predicted octanol–water partition coefficient (Wildman–Crippen LogP) is 14.1. The van der Waals surface area contributed by atoms with Gasteiger partial charge < -0.3 is 4.42 Å². The molecule has 9 aromatic carbocycles. The lowest BCUT2D eigenvalue weighted by Gasteiger charge is -2.12. The number of fused-ring (bicyclic) bond motifs is 5. The molecule has 266 valence electrons. The zero-order valence-electron chi connectivity index (χ0n) is 30.8. The Morgan fingerprint density at radius 2 is 0.737 bits per heavy atom. The number of hydrogen-bond donors (Lipinski definition) is 0. The van der Waals surface area contributed by atoms with Crippen molar-refractivity contribution >= 4 is 43.5 Å². The Morgan fingerprint density at radius 3 is 1.42 bits per heavy atom. The van der Waals surface area contributed by atoms with Crippen molar-refractivity contribution in [3.63, 3.8) is 0 Å². The molecule has 0 unspecified atom stereocenters. The van der Waals surface area contributed by atoms with Crippen molar-refractivity contribution in [2.45, 2.75) is 0 Å². The maximum atomic E-state index is 6.57. The van der Waals surface area contributed by atoms with Gasteiger partial charge in [-0.15, -0.1) is 0 Å². The molecule has 0 atom stereocenters. The number of benzene rings is 9. The molecule has 0 saturated heterocycles. The van der Waals surface area contributed by atoms with E-state index in [4.69, 9.17) is 19.4 Å². The van der Waals surface area contributed by atoms with Crippen LogP contribution in [0.5, 0.6) is 0 Å². The average Bonchev–Trinajstić information content (AvgIpc) is 3.67. The van der Waals surface area contributed by atoms with Gasteiger partial charge in [-0.25, -0.2) is 15.0 Å². The highest BCUT2D eigenvalue weighted by molar-refractivity contribution is 6.13. The first-order valence-corrected chi connectivity index (χ1v) is 19.2. The topological polar surface area (TPSA) is 51.8 Å². The summed E-state index contributed by atoms with van der Waals surface area (Å²) in [5.74, 6) is 1.79. The number of rotatable bonds is 6. The molecule has 0 bridgehead atoms. The lowest BCUT2D eigenvalue weighted by atomic mass is 9.95. The normalized spacial score (nSPS) is 11.5. The van der Waals surface area contributed by atoms with Crippen molar-refractivity contribution < 1.29 is 4.42 Å². The summed E-state index contributed by atoms with van der Waals surface area (Å²) in [5.41, 5.74) is 11.2. The van der Waals surface area contributed by atoms with E-state index in [9.17, 15) is 0 Å². The maximum absolute atomic E-state index is 6.57. The van der Waals surface area contributed by atoms with Gasteiger partial charge in [-0.2, -0.15) is 0 Å². The fourth-order valence-electron chi connectivity index (χ4n) is 7.97. The van der Waals surface area contributed by atoms with Crippen LogP contribution >= 0.6 is 0 Å². The SMILES string of the molecule is c1ccc(-c2ccc(-c3cc(-c4nc(-c5ccc6ccccc6c5)nc(-c5ccc6cc(-c7ccccc7)ccc6c5)n4)cc4oc5ccccc5c34)cc2)cc1. The van der Waals surface area contributed by atoms with Gasteiger partial charge in [0, 0.05) is 27.5 Å². The highest BCUT2D eigenvalue weighted by Crippen LogP contribution is 2.41. The molecule has 0 amide bonds. The lowest BCUT2D eigenvalue weighted by Crippen LogP contribution is -2.00. The molecule has 4 nitrogen and oxygen atoms in total. The van der Waals surface area contributed by atoms with Gasteiger partial charge >= 0.3 is 0 Å². The van der Waals surface area contributed by atoms with E-state index in [-0.39, 0.29) is 0 Å². The van der Waals surface area contributed by atoms with E-state index in [2.05, 4.69) is 176 Å². The van der Waals surface area contributed by atoms with Gasteiger partial charge in [-0.05, 0) is 91.3 Å². The van der Waals surface area contributed by atoms with Crippen molar-refractivity contribution in [3.8, 4) is 67.5 Å². The highest BCUT2D eigenvalue weighted by atomic mass is 16.3. The van der Waals surface area contributed by atoms with Gasteiger partial charge in [0.15, 0.2) is 17.5 Å². The molecule has 0 aliphatic heterocycles. The molecule has 0 aliphatic carbocycles. The number of nitrogens with zero attached hydrogens (tertiary/aromatic N) is 3. The molecule has 0 N–H and O–H groups in total. The Kier molecular flexibility index (Phi) is 7.78. The summed E-state index contributed by atoms with van der Waals surface area (Å²) in [4.78, 5) is 15.6. The smallest absolute Gasteiger partial charge is 0.164 e. The fraction of sp³-hybridized carbons (Fsp3) is 0. The van der Waals surface area contributed by atoms with Gasteiger partial charge in [0.05, 0.1) is 0 Å². The third-order valence-corrected chi connectivity index (χ3v) is 10.9. The Balaban J connectivity index is 1.10. The Hall–Kier alpha value is -7.69. The summed E-state index contributed by atoms with van der Waals surface area (Å²) in [7, 11) is 0. The van der Waals surface area contributed by atoms with E-state index in [1.54, 1.807) is 0 Å². The van der Waals surface area contributed by atoms with Crippen molar-refractivity contribution in [1.82, 2.24) is 15.0 Å². The predicted molar refractivity (Wildman–Crippen MR) is 235 cm³/mol. The second-order valence-electron chi connectivity index (χ2n) is 14.4. The first kappa shape index (κ1) is 32.7. The minimum Gasteiger partial charge on any atom is -0.456 e. The second-order valence-corrected chi connectivity index (χ2v) is 14.4. The summed E-state index contributed by atoms with van der Waals surface area (Å²) in [5, 5.41) is 6.70. The van der Waals surface area contributed by atoms with Gasteiger partial charge in [0.2, 0.25) is 0 Å². The van der Waals surface area contributed by atoms with Crippen LogP contribution in [0.2, 0.25) is 0 Å². The Labute approximate surface area is 329 Å². The molecule has 0 aliphatic rings.